The van der Waals surface area contributed by atoms with Gasteiger partial charge < -0.3 is 4.74 Å². The summed E-state index contributed by atoms with van der Waals surface area (Å²) in [5.74, 6) is 1.36. The molecule has 116 valence electrons. The molecular weight excluding hydrogens is 274 g/mol. The number of hydrogen-bond donors (Lipinski definition) is 0. The third-order valence-electron chi connectivity index (χ3n) is 4.94. The van der Waals surface area contributed by atoms with Crippen LogP contribution in [0.4, 0.5) is 0 Å². The summed E-state index contributed by atoms with van der Waals surface area (Å²) in [5, 5.41) is 4.89. The standard InChI is InChI=1S/C18H23N3O/c1-4-14-6-5-13(9-19-14)16-15(12(2)3)17-21(20-16)10-18(7-8-18)11-22-17/h5-6,9,12H,4,7-8,10-11H2,1-3H3. The van der Waals surface area contributed by atoms with Crippen molar-refractivity contribution in [3.63, 3.8) is 0 Å². The van der Waals surface area contributed by atoms with E-state index >= 15 is 0 Å². The Labute approximate surface area is 131 Å². The molecule has 0 N–H and O–H groups in total. The van der Waals surface area contributed by atoms with Crippen molar-refractivity contribution in [2.45, 2.75) is 52.5 Å². The lowest BCUT2D eigenvalue weighted by atomic mass is 9.99. The van der Waals surface area contributed by atoms with E-state index in [-0.39, 0.29) is 0 Å². The van der Waals surface area contributed by atoms with Crippen LogP contribution in [-0.2, 0) is 13.0 Å². The Kier molecular flexibility index (Phi) is 3.03. The normalized spacial score (nSPS) is 18.4. The molecule has 3 heterocycles. The first-order valence-electron chi connectivity index (χ1n) is 8.31. The van der Waals surface area contributed by atoms with E-state index in [1.807, 2.05) is 6.20 Å². The van der Waals surface area contributed by atoms with Crippen molar-refractivity contribution in [2.75, 3.05) is 6.61 Å². The summed E-state index contributed by atoms with van der Waals surface area (Å²) in [4.78, 5) is 4.53. The van der Waals surface area contributed by atoms with Gasteiger partial charge in [0.25, 0.3) is 0 Å². The van der Waals surface area contributed by atoms with Crippen LogP contribution in [0.25, 0.3) is 11.3 Å². The van der Waals surface area contributed by atoms with E-state index in [1.165, 1.54) is 18.4 Å². The van der Waals surface area contributed by atoms with Crippen molar-refractivity contribution in [1.82, 2.24) is 14.8 Å². The molecule has 0 unspecified atom stereocenters. The van der Waals surface area contributed by atoms with Crippen LogP contribution < -0.4 is 4.74 Å². The molecule has 0 bridgehead atoms. The van der Waals surface area contributed by atoms with Crippen molar-refractivity contribution < 1.29 is 4.74 Å². The van der Waals surface area contributed by atoms with E-state index in [2.05, 4.69) is 42.6 Å². The summed E-state index contributed by atoms with van der Waals surface area (Å²) in [5.41, 5.74) is 4.84. The van der Waals surface area contributed by atoms with Gasteiger partial charge in [0.1, 0.15) is 5.69 Å². The molecule has 4 rings (SSSR count). The highest BCUT2D eigenvalue weighted by Crippen LogP contribution is 2.51. The molecular formula is C18H23N3O. The zero-order valence-corrected chi connectivity index (χ0v) is 13.6. The molecule has 4 nitrogen and oxygen atoms in total. The summed E-state index contributed by atoms with van der Waals surface area (Å²) < 4.78 is 8.21. The van der Waals surface area contributed by atoms with E-state index in [4.69, 9.17) is 9.84 Å². The fourth-order valence-electron chi connectivity index (χ4n) is 3.29. The topological polar surface area (TPSA) is 39.9 Å². The summed E-state index contributed by atoms with van der Waals surface area (Å²) in [6, 6.07) is 4.24. The van der Waals surface area contributed by atoms with Gasteiger partial charge in [-0.05, 0) is 37.3 Å². The zero-order valence-electron chi connectivity index (χ0n) is 13.6. The zero-order chi connectivity index (χ0) is 15.3. The van der Waals surface area contributed by atoms with Crippen LogP contribution in [0, 0.1) is 5.41 Å². The Bertz CT molecular complexity index is 696. The molecule has 1 spiro atoms. The van der Waals surface area contributed by atoms with Gasteiger partial charge >= 0.3 is 0 Å². The number of aromatic nitrogens is 3. The monoisotopic (exact) mass is 297 g/mol. The first-order valence-corrected chi connectivity index (χ1v) is 8.31. The number of fused-ring (bicyclic) bond motifs is 1. The third-order valence-corrected chi connectivity index (χ3v) is 4.94. The van der Waals surface area contributed by atoms with Crippen molar-refractivity contribution in [3.8, 4) is 17.1 Å². The summed E-state index contributed by atoms with van der Waals surface area (Å²) >= 11 is 0. The number of nitrogens with zero attached hydrogens (tertiary/aromatic N) is 3. The van der Waals surface area contributed by atoms with Gasteiger partial charge in [-0.3, -0.25) is 4.98 Å². The van der Waals surface area contributed by atoms with Crippen molar-refractivity contribution >= 4 is 0 Å². The lowest BCUT2D eigenvalue weighted by Crippen LogP contribution is -2.27. The van der Waals surface area contributed by atoms with Gasteiger partial charge in [0.2, 0.25) is 5.88 Å². The summed E-state index contributed by atoms with van der Waals surface area (Å²) in [6.45, 7) is 8.40. The predicted molar refractivity (Wildman–Crippen MR) is 86.1 cm³/mol. The predicted octanol–water partition coefficient (Wildman–Crippen LogP) is 3.80. The minimum absolute atomic E-state index is 0.370. The highest BCUT2D eigenvalue weighted by atomic mass is 16.5. The first-order chi connectivity index (χ1) is 10.6. The lowest BCUT2D eigenvalue weighted by molar-refractivity contribution is 0.147. The first kappa shape index (κ1) is 13.8. The number of ether oxygens (including phenoxy) is 1. The van der Waals surface area contributed by atoms with Gasteiger partial charge in [0, 0.05) is 28.4 Å². The number of pyridine rings is 1. The molecule has 1 fully saturated rings. The minimum Gasteiger partial charge on any atom is -0.477 e. The number of aryl methyl sites for hydroxylation is 1. The molecule has 2 aromatic heterocycles. The Morgan fingerprint density at radius 1 is 1.32 bits per heavy atom. The molecule has 1 saturated carbocycles. The Morgan fingerprint density at radius 3 is 2.73 bits per heavy atom. The van der Waals surface area contributed by atoms with Crippen LogP contribution in [0.2, 0.25) is 0 Å². The summed E-state index contributed by atoms with van der Waals surface area (Å²) in [7, 11) is 0. The van der Waals surface area contributed by atoms with Gasteiger partial charge in [0.15, 0.2) is 0 Å². The molecule has 0 aromatic carbocycles. The summed E-state index contributed by atoms with van der Waals surface area (Å²) in [6.07, 6.45) is 5.45. The van der Waals surface area contributed by atoms with E-state index in [9.17, 15) is 0 Å². The highest BCUT2D eigenvalue weighted by molar-refractivity contribution is 5.66. The fourth-order valence-corrected chi connectivity index (χ4v) is 3.29. The second-order valence-corrected chi connectivity index (χ2v) is 7.06. The average Bonchev–Trinajstić information content (AvgIpc) is 3.15. The van der Waals surface area contributed by atoms with Crippen molar-refractivity contribution in [3.05, 3.63) is 29.6 Å². The van der Waals surface area contributed by atoms with E-state index in [0.717, 1.165) is 42.4 Å². The van der Waals surface area contributed by atoms with Crippen LogP contribution in [0.15, 0.2) is 18.3 Å². The third kappa shape index (κ3) is 2.13. The van der Waals surface area contributed by atoms with Gasteiger partial charge in [-0.1, -0.05) is 20.8 Å². The quantitative estimate of drug-likeness (QED) is 0.865. The highest BCUT2D eigenvalue weighted by Gasteiger charge is 2.48. The maximum Gasteiger partial charge on any atom is 0.215 e. The Balaban J connectivity index is 1.79. The van der Waals surface area contributed by atoms with Gasteiger partial charge in [-0.25, -0.2) is 4.68 Å². The van der Waals surface area contributed by atoms with Gasteiger partial charge in [0.05, 0.1) is 13.2 Å². The molecule has 2 aromatic rings. The van der Waals surface area contributed by atoms with E-state index < -0.39 is 0 Å². The Morgan fingerprint density at radius 2 is 2.14 bits per heavy atom. The molecule has 0 saturated heterocycles. The molecule has 1 aliphatic heterocycles. The van der Waals surface area contributed by atoms with Crippen LogP contribution in [0.1, 0.15) is 50.8 Å². The minimum atomic E-state index is 0.370. The van der Waals surface area contributed by atoms with Gasteiger partial charge in [-0.15, -0.1) is 0 Å². The fraction of sp³-hybridized carbons (Fsp3) is 0.556. The maximum atomic E-state index is 6.12. The van der Waals surface area contributed by atoms with Gasteiger partial charge in [-0.2, -0.15) is 5.10 Å². The molecule has 0 radical (unpaired) electrons. The number of rotatable bonds is 3. The SMILES string of the molecule is CCc1ccc(-c2nn3c(c2C(C)C)OCC2(CC2)C3)cn1. The maximum absolute atomic E-state index is 6.12. The lowest BCUT2D eigenvalue weighted by Gasteiger charge is -2.24. The van der Waals surface area contributed by atoms with E-state index in [0.29, 0.717) is 11.3 Å². The molecule has 0 atom stereocenters. The van der Waals surface area contributed by atoms with E-state index in [1.54, 1.807) is 0 Å². The van der Waals surface area contributed by atoms with Crippen molar-refractivity contribution in [1.29, 1.82) is 0 Å². The molecule has 2 aliphatic rings. The van der Waals surface area contributed by atoms with Crippen LogP contribution >= 0.6 is 0 Å². The second kappa shape index (κ2) is 4.83. The average molecular weight is 297 g/mol. The second-order valence-electron chi connectivity index (χ2n) is 7.06. The molecule has 1 aliphatic carbocycles. The van der Waals surface area contributed by atoms with Crippen LogP contribution in [0.5, 0.6) is 5.88 Å². The molecule has 4 heteroatoms. The van der Waals surface area contributed by atoms with Crippen LogP contribution in [0.3, 0.4) is 0 Å². The van der Waals surface area contributed by atoms with Crippen LogP contribution in [-0.4, -0.2) is 21.4 Å². The smallest absolute Gasteiger partial charge is 0.215 e. The Hall–Kier alpha value is -1.84. The largest absolute Gasteiger partial charge is 0.477 e. The molecule has 22 heavy (non-hydrogen) atoms. The molecule has 0 amide bonds. The number of hydrogen-bond acceptors (Lipinski definition) is 3. The van der Waals surface area contributed by atoms with Crippen molar-refractivity contribution in [2.24, 2.45) is 5.41 Å².